The fourth-order valence-corrected chi connectivity index (χ4v) is 4.59. The van der Waals surface area contributed by atoms with Gasteiger partial charge in [-0.25, -0.2) is 0 Å². The highest BCUT2D eigenvalue weighted by atomic mass is 35.5. The van der Waals surface area contributed by atoms with Gasteiger partial charge in [-0.3, -0.25) is 5.32 Å². The third-order valence-corrected chi connectivity index (χ3v) is 6.39. The molecule has 0 aromatic heterocycles. The summed E-state index contributed by atoms with van der Waals surface area (Å²) in [7, 11) is 0. The third kappa shape index (κ3) is 6.08. The average molecular weight is 400 g/mol. The molecule has 1 saturated heterocycles. The van der Waals surface area contributed by atoms with E-state index in [1.54, 1.807) is 6.07 Å². The zero-order valence-electron chi connectivity index (χ0n) is 15.4. The van der Waals surface area contributed by atoms with Crippen molar-refractivity contribution in [1.82, 2.24) is 15.5 Å². The van der Waals surface area contributed by atoms with Crippen LogP contribution in [-0.2, 0) is 6.42 Å². The number of hydrogen-bond acceptors (Lipinski definition) is 4. The number of hydrogen-bond donors (Lipinski definition) is 3. The van der Waals surface area contributed by atoms with E-state index in [1.165, 1.54) is 51.6 Å². The van der Waals surface area contributed by atoms with Crippen molar-refractivity contribution in [2.45, 2.75) is 63.3 Å². The number of benzene rings is 1. The van der Waals surface area contributed by atoms with Crippen LogP contribution in [0.4, 0.5) is 0 Å². The molecule has 4 nitrogen and oxygen atoms in total. The maximum atomic E-state index is 10.2. The van der Waals surface area contributed by atoms with E-state index < -0.39 is 6.23 Å². The molecule has 3 atom stereocenters. The van der Waals surface area contributed by atoms with Crippen LogP contribution in [0.25, 0.3) is 0 Å². The molecule has 26 heavy (non-hydrogen) atoms. The van der Waals surface area contributed by atoms with Gasteiger partial charge in [0.2, 0.25) is 0 Å². The van der Waals surface area contributed by atoms with Crippen molar-refractivity contribution in [2.24, 2.45) is 0 Å². The molecule has 3 unspecified atom stereocenters. The maximum Gasteiger partial charge on any atom is 0.109 e. The second kappa shape index (κ2) is 10.3. The molecule has 2 aliphatic rings. The molecule has 1 heterocycles. The number of aliphatic hydroxyl groups is 1. The molecule has 1 saturated carbocycles. The molecule has 146 valence electrons. The lowest BCUT2D eigenvalue weighted by Crippen LogP contribution is -2.45. The first-order valence-electron chi connectivity index (χ1n) is 9.94. The van der Waals surface area contributed by atoms with Crippen molar-refractivity contribution in [3.8, 4) is 0 Å². The van der Waals surface area contributed by atoms with Crippen molar-refractivity contribution >= 4 is 23.2 Å². The van der Waals surface area contributed by atoms with Crippen LogP contribution in [0, 0.1) is 0 Å². The minimum Gasteiger partial charge on any atom is -0.378 e. The number of nitrogens with zero attached hydrogens (tertiary/aromatic N) is 1. The summed E-state index contributed by atoms with van der Waals surface area (Å²) in [4.78, 5) is 2.69. The Hall–Kier alpha value is -0.360. The molecule has 1 aliphatic heterocycles. The number of likely N-dealkylation sites (tertiary alicyclic amines) is 1. The zero-order valence-corrected chi connectivity index (χ0v) is 16.9. The van der Waals surface area contributed by atoms with Gasteiger partial charge in [0.05, 0.1) is 10.0 Å². The Morgan fingerprint density at radius 3 is 2.65 bits per heavy atom. The van der Waals surface area contributed by atoms with Gasteiger partial charge in [-0.1, -0.05) is 35.7 Å². The van der Waals surface area contributed by atoms with Crippen LogP contribution < -0.4 is 10.6 Å². The van der Waals surface area contributed by atoms with Crippen LogP contribution in [0.5, 0.6) is 0 Å². The first kappa shape index (κ1) is 20.4. The molecule has 0 amide bonds. The van der Waals surface area contributed by atoms with E-state index in [2.05, 4.69) is 15.5 Å². The van der Waals surface area contributed by atoms with Gasteiger partial charge in [0.25, 0.3) is 0 Å². The van der Waals surface area contributed by atoms with E-state index in [4.69, 9.17) is 23.2 Å². The molecule has 0 bridgehead atoms. The van der Waals surface area contributed by atoms with Gasteiger partial charge in [0.15, 0.2) is 0 Å². The van der Waals surface area contributed by atoms with Crippen LogP contribution in [-0.4, -0.2) is 54.5 Å². The minimum atomic E-state index is -0.572. The summed E-state index contributed by atoms with van der Waals surface area (Å²) in [5, 5.41) is 18.1. The van der Waals surface area contributed by atoms with E-state index in [1.807, 2.05) is 12.1 Å². The van der Waals surface area contributed by atoms with Crippen LogP contribution in [0.2, 0.25) is 10.0 Å². The summed E-state index contributed by atoms with van der Waals surface area (Å²) in [5.41, 5.74) is 0.980. The average Bonchev–Trinajstić information content (AvgIpc) is 3.17. The fourth-order valence-electron chi connectivity index (χ4n) is 4.26. The number of aliphatic hydroxyl groups excluding tert-OH is 1. The molecule has 0 spiro atoms. The molecule has 1 aliphatic carbocycles. The number of halogens is 2. The Balaban J connectivity index is 1.32. The predicted octanol–water partition coefficient (Wildman–Crippen LogP) is 3.44. The minimum absolute atomic E-state index is 0.525. The van der Waals surface area contributed by atoms with Gasteiger partial charge in [-0.15, -0.1) is 0 Å². The summed E-state index contributed by atoms with van der Waals surface area (Å²) >= 11 is 11.9. The highest BCUT2D eigenvalue weighted by molar-refractivity contribution is 6.42. The summed E-state index contributed by atoms with van der Waals surface area (Å²) in [6.45, 7) is 4.23. The summed E-state index contributed by atoms with van der Waals surface area (Å²) in [5.74, 6) is 0. The lowest BCUT2D eigenvalue weighted by molar-refractivity contribution is 0.135. The van der Waals surface area contributed by atoms with Crippen molar-refractivity contribution < 1.29 is 5.11 Å². The summed E-state index contributed by atoms with van der Waals surface area (Å²) in [6.07, 6.45) is 7.92. The molecule has 2 fully saturated rings. The lowest BCUT2D eigenvalue weighted by atomic mass is 9.90. The predicted molar refractivity (Wildman–Crippen MR) is 109 cm³/mol. The normalized spacial score (nSPS) is 25.5. The molecule has 1 aromatic carbocycles. The lowest BCUT2D eigenvalue weighted by Gasteiger charge is -2.35. The Labute approximate surface area is 167 Å². The molecule has 0 radical (unpaired) electrons. The fraction of sp³-hybridized carbons (Fsp3) is 0.700. The van der Waals surface area contributed by atoms with Crippen molar-refractivity contribution in [2.75, 3.05) is 26.2 Å². The van der Waals surface area contributed by atoms with Crippen molar-refractivity contribution in [3.63, 3.8) is 0 Å². The van der Waals surface area contributed by atoms with Gasteiger partial charge >= 0.3 is 0 Å². The van der Waals surface area contributed by atoms with Gasteiger partial charge in [-0.05, 0) is 62.9 Å². The van der Waals surface area contributed by atoms with Crippen molar-refractivity contribution in [3.05, 3.63) is 33.8 Å². The van der Waals surface area contributed by atoms with Crippen LogP contribution in [0.3, 0.4) is 0 Å². The van der Waals surface area contributed by atoms with Gasteiger partial charge in [-0.2, -0.15) is 0 Å². The summed E-state index contributed by atoms with van der Waals surface area (Å²) in [6, 6.07) is 6.87. The Bertz CT molecular complexity index is 566. The second-order valence-corrected chi connectivity index (χ2v) is 8.45. The molecule has 3 N–H and O–H groups in total. The smallest absolute Gasteiger partial charge is 0.109 e. The van der Waals surface area contributed by atoms with E-state index >= 15 is 0 Å². The molecular weight excluding hydrogens is 369 g/mol. The van der Waals surface area contributed by atoms with Gasteiger partial charge < -0.3 is 15.3 Å². The number of nitrogens with one attached hydrogen (secondary N) is 2. The van der Waals surface area contributed by atoms with Crippen molar-refractivity contribution in [1.29, 1.82) is 0 Å². The monoisotopic (exact) mass is 399 g/mol. The highest BCUT2D eigenvalue weighted by Gasteiger charge is 2.27. The molecule has 6 heteroatoms. The van der Waals surface area contributed by atoms with Crippen LogP contribution in [0.1, 0.15) is 44.1 Å². The van der Waals surface area contributed by atoms with E-state index in [0.717, 1.165) is 24.7 Å². The number of rotatable bonds is 8. The first-order chi connectivity index (χ1) is 12.6. The molecular formula is C20H31Cl2N3O. The van der Waals surface area contributed by atoms with Crippen LogP contribution in [0.15, 0.2) is 18.2 Å². The van der Waals surface area contributed by atoms with E-state index in [-0.39, 0.29) is 0 Å². The van der Waals surface area contributed by atoms with E-state index in [0.29, 0.717) is 22.5 Å². The Morgan fingerprint density at radius 1 is 1.08 bits per heavy atom. The third-order valence-electron chi connectivity index (χ3n) is 5.65. The SMILES string of the molecule is OC(Cc1ccc(Cl)c(Cl)c1)NCCNC1CCCC(N2CCCC2)C1. The van der Waals surface area contributed by atoms with Crippen LogP contribution >= 0.6 is 23.2 Å². The van der Waals surface area contributed by atoms with E-state index in [9.17, 15) is 5.11 Å². The Morgan fingerprint density at radius 2 is 1.88 bits per heavy atom. The standard InChI is InChI=1S/C20H31Cl2N3O/c21-18-7-6-15(12-19(18)22)13-20(26)24-9-8-23-16-4-3-5-17(14-16)25-10-1-2-11-25/h6-7,12,16-17,20,23-24,26H,1-5,8-11,13-14H2. The van der Waals surface area contributed by atoms with Gasteiger partial charge in [0, 0.05) is 31.6 Å². The topological polar surface area (TPSA) is 47.5 Å². The highest BCUT2D eigenvalue weighted by Crippen LogP contribution is 2.26. The zero-order chi connectivity index (χ0) is 18.4. The quantitative estimate of drug-likeness (QED) is 0.462. The van der Waals surface area contributed by atoms with Gasteiger partial charge in [0.1, 0.15) is 6.23 Å². The Kier molecular flexibility index (Phi) is 8.04. The molecule has 3 rings (SSSR count). The molecule has 1 aromatic rings. The summed E-state index contributed by atoms with van der Waals surface area (Å²) < 4.78 is 0. The maximum absolute atomic E-state index is 10.2. The first-order valence-corrected chi connectivity index (χ1v) is 10.7. The largest absolute Gasteiger partial charge is 0.378 e. The second-order valence-electron chi connectivity index (χ2n) is 7.64.